The highest BCUT2D eigenvalue weighted by Crippen LogP contribution is 2.30. The molecule has 2 aromatic carbocycles. The number of fused-ring (bicyclic) bond motifs is 1. The van der Waals surface area contributed by atoms with E-state index in [4.69, 9.17) is 24.4 Å². The average Bonchev–Trinajstić information content (AvgIpc) is 3.19. The minimum absolute atomic E-state index is 0.317. The number of hydrogen-bond acceptors (Lipinski definition) is 9. The molecule has 1 aromatic heterocycles. The Morgan fingerprint density at radius 3 is 1.60 bits per heavy atom. The van der Waals surface area contributed by atoms with Gasteiger partial charge in [-0.25, -0.2) is 4.90 Å². The summed E-state index contributed by atoms with van der Waals surface area (Å²) >= 11 is 0. The van der Waals surface area contributed by atoms with Gasteiger partial charge in [0.15, 0.2) is 5.82 Å². The van der Waals surface area contributed by atoms with Gasteiger partial charge in [0.1, 0.15) is 0 Å². The van der Waals surface area contributed by atoms with E-state index in [1.165, 1.54) is 4.90 Å². The van der Waals surface area contributed by atoms with Crippen molar-refractivity contribution in [2.75, 3.05) is 67.3 Å². The Labute approximate surface area is 202 Å². The van der Waals surface area contributed by atoms with E-state index in [1.54, 1.807) is 36.4 Å². The van der Waals surface area contributed by atoms with Crippen molar-refractivity contribution in [3.05, 3.63) is 59.7 Å². The van der Waals surface area contributed by atoms with Crippen molar-refractivity contribution in [3.63, 3.8) is 0 Å². The lowest BCUT2D eigenvalue weighted by Crippen LogP contribution is -2.40. The first-order chi connectivity index (χ1) is 17.2. The van der Waals surface area contributed by atoms with Crippen molar-refractivity contribution in [1.29, 1.82) is 0 Å². The molecule has 0 N–H and O–H groups in total. The van der Waals surface area contributed by atoms with Gasteiger partial charge >= 0.3 is 0 Å². The maximum Gasteiger partial charge on any atom is 0.266 e. The first-order valence-electron chi connectivity index (χ1n) is 11.7. The highest BCUT2D eigenvalue weighted by Gasteiger charge is 2.36. The number of ether oxygens (including phenoxy) is 2. The van der Waals surface area contributed by atoms with Crippen LogP contribution in [0.4, 0.5) is 17.6 Å². The number of morpholine rings is 2. The van der Waals surface area contributed by atoms with Crippen molar-refractivity contribution in [2.24, 2.45) is 0 Å². The summed E-state index contributed by atoms with van der Waals surface area (Å²) < 4.78 is 11.0. The maximum atomic E-state index is 12.8. The smallest absolute Gasteiger partial charge is 0.266 e. The second-order valence-corrected chi connectivity index (χ2v) is 8.50. The molecule has 0 unspecified atom stereocenters. The number of amides is 2. The molecular formula is C25H24N6O4. The fraction of sp³-hybridized carbons (Fsp3) is 0.320. The van der Waals surface area contributed by atoms with Crippen LogP contribution in [0.2, 0.25) is 0 Å². The summed E-state index contributed by atoms with van der Waals surface area (Å²) in [5.74, 6) is 1.13. The van der Waals surface area contributed by atoms with Gasteiger partial charge in [-0.05, 0) is 36.4 Å². The van der Waals surface area contributed by atoms with Crippen LogP contribution in [0.3, 0.4) is 0 Å². The Balaban J connectivity index is 1.33. The normalized spacial score (nSPS) is 18.2. The third-order valence-corrected chi connectivity index (χ3v) is 6.38. The van der Waals surface area contributed by atoms with Crippen LogP contribution in [0.15, 0.2) is 48.5 Å². The van der Waals surface area contributed by atoms with Crippen LogP contribution < -0.4 is 14.7 Å². The van der Waals surface area contributed by atoms with E-state index < -0.39 is 0 Å². The Hall–Kier alpha value is -3.89. The summed E-state index contributed by atoms with van der Waals surface area (Å²) in [4.78, 5) is 45.4. The zero-order valence-electron chi connectivity index (χ0n) is 19.1. The van der Waals surface area contributed by atoms with E-state index in [-0.39, 0.29) is 11.8 Å². The average molecular weight is 473 g/mol. The molecule has 178 valence electrons. The van der Waals surface area contributed by atoms with Gasteiger partial charge < -0.3 is 19.3 Å². The van der Waals surface area contributed by atoms with Gasteiger partial charge in [0.2, 0.25) is 11.9 Å². The molecule has 0 spiro atoms. The van der Waals surface area contributed by atoms with Crippen LogP contribution in [0, 0.1) is 0 Å². The largest absolute Gasteiger partial charge is 0.378 e. The zero-order valence-corrected chi connectivity index (χ0v) is 19.1. The molecule has 6 rings (SSSR count). The van der Waals surface area contributed by atoms with Crippen LogP contribution >= 0.6 is 0 Å². The van der Waals surface area contributed by atoms with Gasteiger partial charge in [-0.15, -0.1) is 0 Å². The van der Waals surface area contributed by atoms with Gasteiger partial charge in [-0.3, -0.25) is 9.59 Å². The van der Waals surface area contributed by atoms with E-state index in [0.29, 0.717) is 87.1 Å². The summed E-state index contributed by atoms with van der Waals surface area (Å²) in [5.41, 5.74) is 2.13. The molecular weight excluding hydrogens is 448 g/mol. The SMILES string of the molecule is O=C1c2ccccc2C(=O)N1c1ccc(-c2nc(N3CCOCC3)nc(N3CCOCC3)n2)cc1. The Bertz CT molecular complexity index is 1200. The molecule has 0 bridgehead atoms. The predicted molar refractivity (Wildman–Crippen MR) is 129 cm³/mol. The predicted octanol–water partition coefficient (Wildman–Crippen LogP) is 2.01. The fourth-order valence-electron chi connectivity index (χ4n) is 4.48. The Morgan fingerprint density at radius 1 is 0.629 bits per heavy atom. The van der Waals surface area contributed by atoms with E-state index in [0.717, 1.165) is 5.56 Å². The van der Waals surface area contributed by atoms with Crippen LogP contribution in [-0.2, 0) is 9.47 Å². The lowest BCUT2D eigenvalue weighted by atomic mass is 10.1. The molecule has 2 fully saturated rings. The zero-order chi connectivity index (χ0) is 23.8. The summed E-state index contributed by atoms with van der Waals surface area (Å²) in [6.07, 6.45) is 0. The molecule has 10 heteroatoms. The fourth-order valence-corrected chi connectivity index (χ4v) is 4.48. The van der Waals surface area contributed by atoms with E-state index in [9.17, 15) is 9.59 Å². The van der Waals surface area contributed by atoms with E-state index in [2.05, 4.69) is 9.80 Å². The number of carbonyl (C=O) groups is 2. The second kappa shape index (κ2) is 9.05. The highest BCUT2D eigenvalue weighted by atomic mass is 16.5. The number of anilines is 3. The Morgan fingerprint density at radius 2 is 1.11 bits per heavy atom. The molecule has 4 heterocycles. The highest BCUT2D eigenvalue weighted by molar-refractivity contribution is 6.34. The summed E-state index contributed by atoms with van der Waals surface area (Å²) in [6.45, 7) is 5.36. The molecule has 0 radical (unpaired) electrons. The minimum Gasteiger partial charge on any atom is -0.378 e. The quantitative estimate of drug-likeness (QED) is 0.528. The molecule has 0 saturated carbocycles. The number of nitrogens with zero attached hydrogens (tertiary/aromatic N) is 6. The molecule has 2 amide bonds. The van der Waals surface area contributed by atoms with Gasteiger partial charge in [-0.1, -0.05) is 12.1 Å². The van der Waals surface area contributed by atoms with Crippen LogP contribution in [-0.4, -0.2) is 79.4 Å². The Kier molecular flexibility index (Phi) is 5.59. The molecule has 3 aromatic rings. The second-order valence-electron chi connectivity index (χ2n) is 8.50. The number of imide groups is 1. The standard InChI is InChI=1S/C25H24N6O4/c32-22-19-3-1-2-4-20(19)23(33)31(22)18-7-5-17(6-8-18)21-26-24(29-9-13-34-14-10-29)28-25(27-21)30-11-15-35-16-12-30/h1-8H,9-16H2. The monoisotopic (exact) mass is 472 g/mol. The number of rotatable bonds is 4. The van der Waals surface area contributed by atoms with Crippen molar-refractivity contribution < 1.29 is 19.1 Å². The lowest BCUT2D eigenvalue weighted by Gasteiger charge is -2.30. The van der Waals surface area contributed by atoms with Crippen molar-refractivity contribution in [3.8, 4) is 11.4 Å². The molecule has 3 aliphatic heterocycles. The number of hydrogen-bond donors (Lipinski definition) is 0. The third-order valence-electron chi connectivity index (χ3n) is 6.38. The third kappa shape index (κ3) is 4.00. The van der Waals surface area contributed by atoms with Crippen molar-refractivity contribution in [2.45, 2.75) is 0 Å². The summed E-state index contributed by atoms with van der Waals surface area (Å²) in [5, 5.41) is 0. The molecule has 0 aliphatic carbocycles. The molecule has 0 atom stereocenters. The molecule has 10 nitrogen and oxygen atoms in total. The van der Waals surface area contributed by atoms with Gasteiger partial charge in [-0.2, -0.15) is 15.0 Å². The van der Waals surface area contributed by atoms with Crippen molar-refractivity contribution >= 4 is 29.4 Å². The van der Waals surface area contributed by atoms with E-state index >= 15 is 0 Å². The van der Waals surface area contributed by atoms with Gasteiger partial charge in [0.05, 0.1) is 43.2 Å². The maximum absolute atomic E-state index is 12.8. The number of carbonyl (C=O) groups excluding carboxylic acids is 2. The van der Waals surface area contributed by atoms with Crippen LogP contribution in [0.5, 0.6) is 0 Å². The topological polar surface area (TPSA) is 101 Å². The first-order valence-corrected chi connectivity index (χ1v) is 11.7. The van der Waals surface area contributed by atoms with Crippen LogP contribution in [0.25, 0.3) is 11.4 Å². The summed E-state index contributed by atoms with van der Waals surface area (Å²) in [7, 11) is 0. The van der Waals surface area contributed by atoms with Crippen molar-refractivity contribution in [1.82, 2.24) is 15.0 Å². The van der Waals surface area contributed by atoms with Gasteiger partial charge in [0, 0.05) is 31.7 Å². The lowest BCUT2D eigenvalue weighted by molar-refractivity contribution is 0.0926. The van der Waals surface area contributed by atoms with E-state index in [1.807, 2.05) is 12.1 Å². The summed E-state index contributed by atoms with van der Waals surface area (Å²) in [6, 6.07) is 14.0. The number of benzene rings is 2. The molecule has 2 saturated heterocycles. The minimum atomic E-state index is -0.317. The van der Waals surface area contributed by atoms with Gasteiger partial charge in [0.25, 0.3) is 11.8 Å². The van der Waals surface area contributed by atoms with Crippen LogP contribution in [0.1, 0.15) is 20.7 Å². The molecule has 3 aliphatic rings. The first kappa shape index (κ1) is 21.6. The molecule has 35 heavy (non-hydrogen) atoms. The number of aromatic nitrogens is 3.